The zero-order valence-electron chi connectivity index (χ0n) is 58.7. The molecule has 546 valence electrons. The normalized spacial score (nSPS) is 17.2. The van der Waals surface area contributed by atoms with Gasteiger partial charge >= 0.3 is 34.5 Å². The van der Waals surface area contributed by atoms with Gasteiger partial charge in [0.25, 0.3) is 10.1 Å². The fourth-order valence-electron chi connectivity index (χ4n) is 13.3. The maximum Gasteiger partial charge on any atom is 0.425 e. The lowest BCUT2D eigenvalue weighted by molar-refractivity contribution is -0.438. The predicted molar refractivity (Wildman–Crippen MR) is 380 cm³/mol. The number of carbonyl (C=O) groups is 8. The largest absolute Gasteiger partial charge is 0.481 e. The molecular formula is C75H102N5O18S2+. The van der Waals surface area contributed by atoms with E-state index in [4.69, 9.17) is 22.5 Å². The highest BCUT2D eigenvalue weighted by atomic mass is 32.2. The number of ether oxygens (including phenoxy) is 1. The molecule has 1 aliphatic carbocycles. The van der Waals surface area contributed by atoms with Gasteiger partial charge in [0.05, 0.1) is 22.3 Å². The predicted octanol–water partition coefficient (Wildman–Crippen LogP) is 12.7. The standard InChI is InChI=1S/C75H101N5O15S.O3S/c1-7-9-50-80-64-34-19-17-31-60(64)74(4,5)66(80)44-37-53-26-23-27-54(70(53)95-58-39-41-59(42-40-58)96(92,93)94)38-45-67-75(6,61-32-18-20-35-65(61)79(67)49-8-2)47-24-30-56(82)28-15-12-13-25-55(71(87)88)51-57(83)29-14-10-11-16-36-68(84)76-48-22-21-33-63(72(89)90)78-73(91)77-62(52(3)81)43-46-69(85)86;1-4(2)3/h17-20,31-32,34-35,37-42,44-45,55,62-63H,7-16,21-30,33,36,43,46-51H2,1-6H3,(H6-,76,77,78,84,85,86,87,88,89,90,91,92,93,94);/p+1/t55?,62-,63-,75?;/m0./s1. The van der Waals surface area contributed by atoms with E-state index in [1.807, 2.05) is 0 Å². The van der Waals surface area contributed by atoms with Crippen LogP contribution in [0.3, 0.4) is 0 Å². The maximum atomic E-state index is 13.6. The van der Waals surface area contributed by atoms with Crippen molar-refractivity contribution in [2.45, 2.75) is 236 Å². The third-order valence-electron chi connectivity index (χ3n) is 18.7. The minimum atomic E-state index is -4.42. The van der Waals surface area contributed by atoms with Crippen molar-refractivity contribution in [2.75, 3.05) is 24.5 Å². The molecule has 2 aliphatic heterocycles. The Hall–Kier alpha value is -8.42. The van der Waals surface area contributed by atoms with Crippen molar-refractivity contribution in [3.63, 3.8) is 0 Å². The van der Waals surface area contributed by atoms with Gasteiger partial charge in [-0.25, -0.2) is 9.59 Å². The zero-order chi connectivity index (χ0) is 73.6. The lowest BCUT2D eigenvalue weighted by Crippen LogP contribution is -2.50. The molecule has 0 saturated carbocycles. The topological polar surface area (TPSA) is 354 Å². The van der Waals surface area contributed by atoms with Crippen molar-refractivity contribution >= 4 is 85.0 Å². The van der Waals surface area contributed by atoms with E-state index in [-0.39, 0.29) is 66.3 Å². The van der Waals surface area contributed by atoms with Gasteiger partial charge in [-0.2, -0.15) is 13.0 Å². The average molecular weight is 1430 g/mol. The molecule has 7 N–H and O–H groups in total. The molecule has 100 heavy (non-hydrogen) atoms. The average Bonchev–Trinajstić information content (AvgIpc) is 1.60. The molecule has 23 nitrogen and oxygen atoms in total. The second-order valence-electron chi connectivity index (χ2n) is 26.7. The number of ketones is 3. The maximum absolute atomic E-state index is 13.6. The first-order valence-electron chi connectivity index (χ1n) is 35.0. The van der Waals surface area contributed by atoms with Gasteiger partial charge in [0.2, 0.25) is 11.6 Å². The SMILES string of the molecule is CCCC[N+]1=C(/C=C/C2=C(Oc3ccc(S(=O)(=O)O)cc3)C(=C/C=C3/N(CCC)c4ccccc4C3(C)CCCC(=O)CCCCCC(CC(=O)CCCCCCC(=O)NCCCC[C@H](NC(=O)N[C@@H](CCC(=O)O)C(C)=O)C(=O)O)C(=O)O)/CCC2)C(C)(C)c2ccccc21.O=S(=O)=O. The summed E-state index contributed by atoms with van der Waals surface area (Å²) in [5.74, 6) is -3.69. The molecule has 2 unspecified atom stereocenters. The molecule has 0 bridgehead atoms. The highest BCUT2D eigenvalue weighted by Gasteiger charge is 2.45. The molecule has 3 aromatic rings. The Morgan fingerprint density at radius 2 is 1.29 bits per heavy atom. The summed E-state index contributed by atoms with van der Waals surface area (Å²) in [5, 5.41) is 35.9. The van der Waals surface area contributed by atoms with Gasteiger partial charge in [0.1, 0.15) is 35.7 Å². The Morgan fingerprint density at radius 1 is 0.670 bits per heavy atom. The van der Waals surface area contributed by atoms with Crippen molar-refractivity contribution in [1.29, 1.82) is 0 Å². The van der Waals surface area contributed by atoms with Crippen LogP contribution in [0.15, 0.2) is 125 Å². The van der Waals surface area contributed by atoms with Gasteiger partial charge in [-0.15, -0.1) is 12.6 Å². The number of allylic oxidation sites excluding steroid dienone is 7. The molecule has 3 aromatic carbocycles. The fourth-order valence-corrected chi connectivity index (χ4v) is 13.8. The van der Waals surface area contributed by atoms with E-state index in [0.29, 0.717) is 102 Å². The molecule has 4 atom stereocenters. The third kappa shape index (κ3) is 25.6. The summed E-state index contributed by atoms with van der Waals surface area (Å²) in [7, 11) is -7.53. The first-order valence-corrected chi connectivity index (χ1v) is 37.5. The van der Waals surface area contributed by atoms with Crippen molar-refractivity contribution in [3.8, 4) is 5.75 Å². The van der Waals surface area contributed by atoms with Crippen LogP contribution in [0.4, 0.5) is 16.2 Å². The van der Waals surface area contributed by atoms with Crippen molar-refractivity contribution in [1.82, 2.24) is 16.0 Å². The van der Waals surface area contributed by atoms with Crippen LogP contribution in [0.25, 0.3) is 0 Å². The number of fused-ring (bicyclic) bond motifs is 2. The first-order chi connectivity index (χ1) is 47.5. The van der Waals surface area contributed by atoms with Crippen molar-refractivity contribution in [2.24, 2.45) is 5.92 Å². The number of nitrogens with one attached hydrogen (secondary N) is 3. The summed E-state index contributed by atoms with van der Waals surface area (Å²) in [6.45, 7) is 14.4. The number of benzene rings is 3. The number of carboxylic acid groups (broad SMARTS) is 3. The Labute approximate surface area is 589 Å². The minimum Gasteiger partial charge on any atom is -0.481 e. The van der Waals surface area contributed by atoms with Gasteiger partial charge in [-0.3, -0.25) is 33.3 Å². The van der Waals surface area contributed by atoms with E-state index in [0.717, 1.165) is 80.6 Å². The molecule has 0 radical (unpaired) electrons. The van der Waals surface area contributed by atoms with E-state index >= 15 is 0 Å². The highest BCUT2D eigenvalue weighted by Crippen LogP contribution is 2.51. The van der Waals surface area contributed by atoms with Crippen LogP contribution in [0.1, 0.15) is 220 Å². The van der Waals surface area contributed by atoms with E-state index in [2.05, 4.69) is 133 Å². The van der Waals surface area contributed by atoms with E-state index in [9.17, 15) is 61.5 Å². The number of urea groups is 1. The molecule has 0 aromatic heterocycles. The molecule has 0 saturated heterocycles. The molecule has 25 heteroatoms. The first kappa shape index (κ1) is 82.2. The monoisotopic (exact) mass is 1420 g/mol. The van der Waals surface area contributed by atoms with Crippen LogP contribution < -0.4 is 25.6 Å². The van der Waals surface area contributed by atoms with Crippen LogP contribution in [0.2, 0.25) is 0 Å². The molecule has 3 amide bonds. The number of carboxylic acids is 3. The minimum absolute atomic E-state index is 0.0555. The quantitative estimate of drug-likeness (QED) is 0.0157. The summed E-state index contributed by atoms with van der Waals surface area (Å²) in [4.78, 5) is 100. The molecule has 0 fully saturated rings. The number of carbonyl (C=O) groups excluding carboxylic acids is 5. The lowest BCUT2D eigenvalue weighted by atomic mass is 9.76. The van der Waals surface area contributed by atoms with Gasteiger partial charge in [0.15, 0.2) is 11.5 Å². The van der Waals surface area contributed by atoms with Crippen molar-refractivity contribution in [3.05, 3.63) is 131 Å². The van der Waals surface area contributed by atoms with E-state index < -0.39 is 73.9 Å². The third-order valence-corrected chi connectivity index (χ3v) is 19.6. The van der Waals surface area contributed by atoms with Gasteiger partial charge in [0, 0.05) is 92.5 Å². The Bertz CT molecular complexity index is 3760. The smallest absolute Gasteiger partial charge is 0.425 e. The second-order valence-corrected chi connectivity index (χ2v) is 28.5. The second kappa shape index (κ2) is 40.7. The van der Waals surface area contributed by atoms with E-state index in [1.54, 1.807) is 12.1 Å². The van der Waals surface area contributed by atoms with E-state index in [1.165, 1.54) is 41.6 Å². The number of anilines is 1. The number of para-hydroxylation sites is 2. The summed E-state index contributed by atoms with van der Waals surface area (Å²) < 4.78 is 68.5. The summed E-state index contributed by atoms with van der Waals surface area (Å²) in [5.41, 5.74) is 8.51. The zero-order valence-corrected chi connectivity index (χ0v) is 60.3. The number of Topliss-reactive ketones (excluding diaryl/α,β-unsaturated/α-hetero) is 3. The van der Waals surface area contributed by atoms with Crippen molar-refractivity contribution < 1.29 is 88.6 Å². The highest BCUT2D eigenvalue weighted by molar-refractivity contribution is 7.85. The van der Waals surface area contributed by atoms with Crippen LogP contribution in [0.5, 0.6) is 5.75 Å². The van der Waals surface area contributed by atoms with Crippen LogP contribution in [0, 0.1) is 5.92 Å². The van der Waals surface area contributed by atoms with Gasteiger partial charge in [-0.1, -0.05) is 88.4 Å². The fraction of sp³-hybridized carbons (Fsp3) is 0.533. The summed E-state index contributed by atoms with van der Waals surface area (Å²) in [6, 6.07) is 19.7. The Kier molecular flexibility index (Phi) is 33.5. The number of hydrogen-bond acceptors (Lipinski definition) is 15. The number of hydrogen-bond donors (Lipinski definition) is 7. The summed E-state index contributed by atoms with van der Waals surface area (Å²) in [6.07, 6.45) is 22.0. The molecule has 0 spiro atoms. The molecule has 3 aliphatic rings. The number of aliphatic carboxylic acids is 3. The van der Waals surface area contributed by atoms with Gasteiger partial charge < -0.3 is 40.9 Å². The Balaban J connectivity index is 0.00000438. The van der Waals surface area contributed by atoms with Crippen LogP contribution in [-0.4, -0.2) is 130 Å². The molecule has 6 rings (SSSR count). The Morgan fingerprint density at radius 3 is 1.93 bits per heavy atom. The van der Waals surface area contributed by atoms with Crippen LogP contribution in [-0.2, 0) is 65.1 Å². The van der Waals surface area contributed by atoms with Crippen LogP contribution >= 0.6 is 0 Å². The number of amides is 3. The lowest BCUT2D eigenvalue weighted by Gasteiger charge is -2.30. The van der Waals surface area contributed by atoms with Gasteiger partial charge in [-0.05, 0) is 177 Å². The number of rotatable bonds is 43. The number of nitrogens with zero attached hydrogens (tertiary/aromatic N) is 2. The molecular weight excluding hydrogens is 1320 g/mol. The summed E-state index contributed by atoms with van der Waals surface area (Å²) >= 11 is 0. The molecule has 2 heterocycles. The number of unbranched alkanes of at least 4 members (excludes halogenated alkanes) is 7.